The molecule has 0 aliphatic rings. The lowest BCUT2D eigenvalue weighted by Gasteiger charge is -2.13. The fourth-order valence-corrected chi connectivity index (χ4v) is 2.64. The van der Waals surface area contributed by atoms with E-state index in [1.807, 2.05) is 0 Å². The summed E-state index contributed by atoms with van der Waals surface area (Å²) in [4.78, 5) is 0. The zero-order chi connectivity index (χ0) is 17.3. The molecule has 1 atom stereocenters. The van der Waals surface area contributed by atoms with Gasteiger partial charge in [0.25, 0.3) is 0 Å². The molecule has 11 heteroatoms. The molecular formula is C12H10F6N4S. The Morgan fingerprint density at radius 1 is 1.09 bits per heavy atom. The van der Waals surface area contributed by atoms with Crippen LogP contribution in [0.5, 0.6) is 0 Å². The van der Waals surface area contributed by atoms with E-state index in [4.69, 9.17) is 0 Å². The van der Waals surface area contributed by atoms with Crippen molar-refractivity contribution in [2.75, 3.05) is 0 Å². The van der Waals surface area contributed by atoms with Gasteiger partial charge in [-0.3, -0.25) is 0 Å². The summed E-state index contributed by atoms with van der Waals surface area (Å²) in [7, 11) is 0. The monoisotopic (exact) mass is 356 g/mol. The maximum absolute atomic E-state index is 12.5. The van der Waals surface area contributed by atoms with Crippen molar-refractivity contribution in [3.63, 3.8) is 0 Å². The van der Waals surface area contributed by atoms with Gasteiger partial charge in [0.2, 0.25) is 5.16 Å². The first kappa shape index (κ1) is 17.6. The first-order valence-electron chi connectivity index (χ1n) is 6.23. The second-order valence-corrected chi connectivity index (χ2v) is 5.92. The average molecular weight is 356 g/mol. The molecule has 1 aromatic heterocycles. The summed E-state index contributed by atoms with van der Waals surface area (Å²) < 4.78 is 75.2. The number of aromatic nitrogens is 4. The fourth-order valence-electron chi connectivity index (χ4n) is 1.72. The topological polar surface area (TPSA) is 43.6 Å². The van der Waals surface area contributed by atoms with Crippen molar-refractivity contribution in [3.8, 4) is 0 Å². The second kappa shape index (κ2) is 6.38. The Morgan fingerprint density at radius 2 is 1.70 bits per heavy atom. The van der Waals surface area contributed by atoms with Gasteiger partial charge in [0.05, 0.1) is 5.56 Å². The van der Waals surface area contributed by atoms with E-state index in [1.54, 1.807) is 6.92 Å². The Hall–Kier alpha value is -1.78. The standard InChI is InChI=1S/C12H10F6N4S/c1-7(8-2-4-9(5-3-8)12(16,17)18)23-10-19-20-21-22(10)6-11(13,14)15/h2-5,7H,6H2,1H3. The van der Waals surface area contributed by atoms with Gasteiger partial charge in [-0.05, 0) is 35.0 Å². The van der Waals surface area contributed by atoms with E-state index in [9.17, 15) is 26.3 Å². The smallest absolute Gasteiger partial charge is 0.211 e. The minimum atomic E-state index is -4.47. The van der Waals surface area contributed by atoms with Crippen molar-refractivity contribution in [2.45, 2.75) is 36.2 Å². The predicted molar refractivity (Wildman–Crippen MR) is 69.6 cm³/mol. The second-order valence-electron chi connectivity index (χ2n) is 4.61. The Bertz CT molecular complexity index is 649. The SMILES string of the molecule is CC(Sc1nnnn1CC(F)(F)F)c1ccc(C(F)(F)F)cc1. The lowest BCUT2D eigenvalue weighted by Crippen LogP contribution is -2.19. The van der Waals surface area contributed by atoms with E-state index in [1.165, 1.54) is 12.1 Å². The molecule has 1 unspecified atom stereocenters. The number of tetrazole rings is 1. The highest BCUT2D eigenvalue weighted by atomic mass is 32.2. The summed E-state index contributed by atoms with van der Waals surface area (Å²) in [5.74, 6) is 0. The molecule has 0 amide bonds. The minimum absolute atomic E-state index is 0.0604. The van der Waals surface area contributed by atoms with Gasteiger partial charge in [0.1, 0.15) is 6.54 Å². The predicted octanol–water partition coefficient (Wildman–Crippen LogP) is 4.11. The first-order chi connectivity index (χ1) is 10.6. The number of halogens is 6. The maximum atomic E-state index is 12.5. The number of rotatable bonds is 4. The van der Waals surface area contributed by atoms with Gasteiger partial charge in [-0.25, -0.2) is 4.68 Å². The molecule has 0 aliphatic carbocycles. The van der Waals surface area contributed by atoms with Gasteiger partial charge < -0.3 is 0 Å². The van der Waals surface area contributed by atoms with Gasteiger partial charge in [0.15, 0.2) is 0 Å². The fraction of sp³-hybridized carbons (Fsp3) is 0.417. The molecule has 4 nitrogen and oxygen atoms in total. The zero-order valence-corrected chi connectivity index (χ0v) is 12.4. The van der Waals surface area contributed by atoms with Gasteiger partial charge in [-0.1, -0.05) is 23.9 Å². The molecule has 1 aromatic carbocycles. The Labute approximate surface area is 130 Å². The maximum Gasteiger partial charge on any atom is 0.416 e. The third-order valence-corrected chi connectivity index (χ3v) is 3.95. The molecule has 0 aliphatic heterocycles. The van der Waals surface area contributed by atoms with Gasteiger partial charge in [0, 0.05) is 5.25 Å². The van der Waals surface area contributed by atoms with Crippen molar-refractivity contribution in [3.05, 3.63) is 35.4 Å². The summed E-state index contributed by atoms with van der Waals surface area (Å²) >= 11 is 0.930. The van der Waals surface area contributed by atoms with Crippen molar-refractivity contribution in [2.24, 2.45) is 0 Å². The van der Waals surface area contributed by atoms with Gasteiger partial charge in [-0.2, -0.15) is 26.3 Å². The highest BCUT2D eigenvalue weighted by Crippen LogP contribution is 2.36. The van der Waals surface area contributed by atoms with E-state index in [2.05, 4.69) is 15.5 Å². The molecule has 0 radical (unpaired) electrons. The zero-order valence-electron chi connectivity index (χ0n) is 11.6. The van der Waals surface area contributed by atoms with Crippen LogP contribution in [-0.4, -0.2) is 26.4 Å². The Morgan fingerprint density at radius 3 is 2.22 bits per heavy atom. The van der Waals surface area contributed by atoms with Gasteiger partial charge >= 0.3 is 12.4 Å². The summed E-state index contributed by atoms with van der Waals surface area (Å²) in [5, 5.41) is 9.48. The van der Waals surface area contributed by atoms with E-state index >= 15 is 0 Å². The van der Waals surface area contributed by atoms with Crippen LogP contribution in [0.25, 0.3) is 0 Å². The number of hydrogen-bond acceptors (Lipinski definition) is 4. The van der Waals surface area contributed by atoms with E-state index < -0.39 is 29.7 Å². The van der Waals surface area contributed by atoms with Crippen LogP contribution in [0.2, 0.25) is 0 Å². The summed E-state index contributed by atoms with van der Waals surface area (Å²) in [6, 6.07) is 4.40. The molecule has 126 valence electrons. The summed E-state index contributed by atoms with van der Waals surface area (Å²) in [6.45, 7) is 0.307. The number of nitrogens with zero attached hydrogens (tertiary/aromatic N) is 4. The van der Waals surface area contributed by atoms with Crippen LogP contribution in [0.1, 0.15) is 23.3 Å². The highest BCUT2D eigenvalue weighted by Gasteiger charge is 2.31. The molecule has 2 aromatic rings. The summed E-state index contributed by atoms with van der Waals surface area (Å²) in [6.07, 6.45) is -8.91. The van der Waals surface area contributed by atoms with Crippen molar-refractivity contribution >= 4 is 11.8 Å². The Kier molecular flexibility index (Phi) is 4.87. The number of thioether (sulfide) groups is 1. The van der Waals surface area contributed by atoms with Crippen LogP contribution in [-0.2, 0) is 12.7 Å². The molecule has 0 fully saturated rings. The van der Waals surface area contributed by atoms with Crippen LogP contribution in [0, 0.1) is 0 Å². The Balaban J connectivity index is 2.11. The van der Waals surface area contributed by atoms with Crippen LogP contribution in [0.4, 0.5) is 26.3 Å². The molecule has 0 N–H and O–H groups in total. The molecule has 0 spiro atoms. The van der Waals surface area contributed by atoms with Crippen LogP contribution < -0.4 is 0 Å². The molecule has 23 heavy (non-hydrogen) atoms. The third-order valence-electron chi connectivity index (χ3n) is 2.82. The normalized spacial score (nSPS) is 14.0. The quantitative estimate of drug-likeness (QED) is 0.611. The third kappa shape index (κ3) is 4.85. The van der Waals surface area contributed by atoms with E-state index in [0.717, 1.165) is 23.9 Å². The molecule has 0 saturated heterocycles. The summed E-state index contributed by atoms with van der Waals surface area (Å²) in [5.41, 5.74) is -0.273. The molecule has 1 heterocycles. The van der Waals surface area contributed by atoms with Crippen LogP contribution in [0.3, 0.4) is 0 Å². The van der Waals surface area contributed by atoms with Crippen molar-refractivity contribution in [1.82, 2.24) is 20.2 Å². The molecule has 0 saturated carbocycles. The molecular weight excluding hydrogens is 346 g/mol. The number of benzene rings is 1. The number of alkyl halides is 6. The molecule has 2 rings (SSSR count). The van der Waals surface area contributed by atoms with Crippen LogP contribution in [0.15, 0.2) is 29.4 Å². The average Bonchev–Trinajstić information content (AvgIpc) is 2.83. The van der Waals surface area contributed by atoms with Crippen molar-refractivity contribution < 1.29 is 26.3 Å². The van der Waals surface area contributed by atoms with E-state index in [-0.39, 0.29) is 5.16 Å². The minimum Gasteiger partial charge on any atom is -0.211 e. The van der Waals surface area contributed by atoms with Crippen LogP contribution >= 0.6 is 11.8 Å². The lowest BCUT2D eigenvalue weighted by atomic mass is 10.1. The number of hydrogen-bond donors (Lipinski definition) is 0. The molecule has 0 bridgehead atoms. The largest absolute Gasteiger partial charge is 0.416 e. The van der Waals surface area contributed by atoms with Crippen molar-refractivity contribution in [1.29, 1.82) is 0 Å². The highest BCUT2D eigenvalue weighted by molar-refractivity contribution is 7.99. The lowest BCUT2D eigenvalue weighted by molar-refractivity contribution is -0.144. The van der Waals surface area contributed by atoms with Gasteiger partial charge in [-0.15, -0.1) is 5.10 Å². The first-order valence-corrected chi connectivity index (χ1v) is 7.11. The van der Waals surface area contributed by atoms with E-state index in [0.29, 0.717) is 10.2 Å².